The van der Waals surface area contributed by atoms with Crippen molar-refractivity contribution in [3.63, 3.8) is 0 Å². The number of nitrogens with zero attached hydrogens (tertiary/aromatic N) is 2. The maximum Gasteiger partial charge on any atom is 0.197 e. The van der Waals surface area contributed by atoms with Gasteiger partial charge in [0.05, 0.1) is 0 Å². The summed E-state index contributed by atoms with van der Waals surface area (Å²) in [5, 5.41) is 3.80. The molecule has 0 aromatic rings. The van der Waals surface area contributed by atoms with Crippen molar-refractivity contribution in [2.45, 2.75) is 13.1 Å². The maximum absolute atomic E-state index is 10.6. The Labute approximate surface area is 53.5 Å². The van der Waals surface area contributed by atoms with E-state index < -0.39 is 6.17 Å². The normalized spacial score (nSPS) is 23.4. The minimum atomic E-state index is -0.477. The Morgan fingerprint density at radius 2 is 2.44 bits per heavy atom. The molecular weight excluding hydrogens is 116 g/mol. The van der Waals surface area contributed by atoms with E-state index in [4.69, 9.17) is 0 Å². The molecule has 0 saturated carbocycles. The van der Waals surface area contributed by atoms with Gasteiger partial charge in [-0.05, 0) is 13.0 Å². The lowest BCUT2D eigenvalue weighted by Crippen LogP contribution is -2.25. The van der Waals surface area contributed by atoms with Gasteiger partial charge in [-0.2, -0.15) is 0 Å². The summed E-state index contributed by atoms with van der Waals surface area (Å²) in [6.45, 7) is 1.48. The third-order valence-electron chi connectivity index (χ3n) is 0.990. The van der Waals surface area contributed by atoms with Gasteiger partial charge in [0.25, 0.3) is 0 Å². The summed E-state index contributed by atoms with van der Waals surface area (Å²) in [5.74, 6) is -0.0180. The fourth-order valence-electron chi connectivity index (χ4n) is 0.549. The smallest absolute Gasteiger partial charge is 0.197 e. The van der Waals surface area contributed by atoms with Gasteiger partial charge in [-0.25, -0.2) is 0 Å². The standard InChI is InChI=1S/C6H7N2O/c1-5(9)6-7-3-2-4-8-6/h2-4,6H,1H3. The molecule has 9 heavy (non-hydrogen) atoms. The first-order chi connectivity index (χ1) is 4.30. The summed E-state index contributed by atoms with van der Waals surface area (Å²) in [5.41, 5.74) is 0. The quantitative estimate of drug-likeness (QED) is 0.487. The molecule has 0 N–H and O–H groups in total. The van der Waals surface area contributed by atoms with E-state index in [1.165, 1.54) is 6.92 Å². The van der Waals surface area contributed by atoms with Crippen molar-refractivity contribution in [1.82, 2.24) is 5.32 Å². The molecule has 1 rings (SSSR count). The summed E-state index contributed by atoms with van der Waals surface area (Å²) >= 11 is 0. The van der Waals surface area contributed by atoms with Gasteiger partial charge < -0.3 is 0 Å². The van der Waals surface area contributed by atoms with E-state index >= 15 is 0 Å². The highest BCUT2D eigenvalue weighted by Crippen LogP contribution is 1.93. The monoisotopic (exact) mass is 123 g/mol. The third kappa shape index (κ3) is 1.38. The highest BCUT2D eigenvalue weighted by atomic mass is 16.1. The second-order valence-electron chi connectivity index (χ2n) is 1.77. The molecule has 0 saturated heterocycles. The summed E-state index contributed by atoms with van der Waals surface area (Å²) in [6.07, 6.45) is 4.38. The highest BCUT2D eigenvalue weighted by Gasteiger charge is 2.10. The third-order valence-corrected chi connectivity index (χ3v) is 0.990. The lowest BCUT2D eigenvalue weighted by Gasteiger charge is -2.06. The van der Waals surface area contributed by atoms with E-state index in [0.29, 0.717) is 0 Å². The van der Waals surface area contributed by atoms with Gasteiger partial charge >= 0.3 is 0 Å². The van der Waals surface area contributed by atoms with Crippen LogP contribution in [0.25, 0.3) is 0 Å². The van der Waals surface area contributed by atoms with Gasteiger partial charge in [-0.3, -0.25) is 15.1 Å². The molecule has 1 radical (unpaired) electrons. The Kier molecular flexibility index (Phi) is 1.63. The van der Waals surface area contributed by atoms with Crippen LogP contribution in [0, 0.1) is 0 Å². The Morgan fingerprint density at radius 1 is 1.67 bits per heavy atom. The number of hydrogen-bond acceptors (Lipinski definition) is 2. The Bertz CT molecular complexity index is 172. The van der Waals surface area contributed by atoms with Gasteiger partial charge in [0.2, 0.25) is 0 Å². The highest BCUT2D eigenvalue weighted by molar-refractivity contribution is 5.85. The number of allylic oxidation sites excluding steroid dienone is 1. The number of ketones is 1. The average molecular weight is 123 g/mol. The van der Waals surface area contributed by atoms with Crippen molar-refractivity contribution < 1.29 is 4.79 Å². The molecule has 0 fully saturated rings. The van der Waals surface area contributed by atoms with Crippen molar-refractivity contribution in [3.05, 3.63) is 12.3 Å². The Hall–Kier alpha value is -1.12. The summed E-state index contributed by atoms with van der Waals surface area (Å²) in [4.78, 5) is 14.4. The molecule has 0 bridgehead atoms. The molecule has 47 valence electrons. The molecule has 0 aromatic heterocycles. The molecule has 0 amide bonds. The number of carbonyl (C=O) groups excluding carboxylic acids is 1. The van der Waals surface area contributed by atoms with Gasteiger partial charge in [-0.15, -0.1) is 0 Å². The van der Waals surface area contributed by atoms with Crippen LogP contribution < -0.4 is 5.32 Å². The van der Waals surface area contributed by atoms with E-state index in [1.54, 1.807) is 18.5 Å². The molecule has 3 nitrogen and oxygen atoms in total. The first-order valence-corrected chi connectivity index (χ1v) is 2.69. The fraction of sp³-hybridized carbons (Fsp3) is 0.333. The number of aliphatic imine (C=N–C) groups is 1. The van der Waals surface area contributed by atoms with Gasteiger partial charge in [-0.1, -0.05) is 0 Å². The topological polar surface area (TPSA) is 43.5 Å². The van der Waals surface area contributed by atoms with E-state index in [2.05, 4.69) is 10.3 Å². The van der Waals surface area contributed by atoms with Crippen molar-refractivity contribution in [2.24, 2.45) is 4.99 Å². The van der Waals surface area contributed by atoms with Crippen LogP contribution in [0.1, 0.15) is 6.92 Å². The summed E-state index contributed by atoms with van der Waals surface area (Å²) < 4.78 is 0. The lowest BCUT2D eigenvalue weighted by molar-refractivity contribution is -0.118. The van der Waals surface area contributed by atoms with E-state index in [9.17, 15) is 4.79 Å². The van der Waals surface area contributed by atoms with Crippen LogP contribution in [0.5, 0.6) is 0 Å². The van der Waals surface area contributed by atoms with Crippen LogP contribution >= 0.6 is 0 Å². The minimum absolute atomic E-state index is 0.0180. The summed E-state index contributed by atoms with van der Waals surface area (Å²) in [7, 11) is 0. The minimum Gasteiger partial charge on any atom is -0.295 e. The van der Waals surface area contributed by atoms with Crippen molar-refractivity contribution in [2.75, 3.05) is 0 Å². The van der Waals surface area contributed by atoms with Crippen molar-refractivity contribution >= 4 is 12.0 Å². The molecule has 1 heterocycles. The molecule has 0 aromatic carbocycles. The zero-order valence-corrected chi connectivity index (χ0v) is 5.11. The van der Waals surface area contributed by atoms with Crippen molar-refractivity contribution in [3.8, 4) is 0 Å². The Balaban J connectivity index is 2.56. The first-order valence-electron chi connectivity index (χ1n) is 2.69. The molecule has 1 aliphatic heterocycles. The molecule has 0 spiro atoms. The fourth-order valence-corrected chi connectivity index (χ4v) is 0.549. The van der Waals surface area contributed by atoms with Crippen LogP contribution in [0.4, 0.5) is 0 Å². The zero-order valence-electron chi connectivity index (χ0n) is 5.11. The number of rotatable bonds is 1. The molecule has 1 unspecified atom stereocenters. The molecule has 3 heteroatoms. The van der Waals surface area contributed by atoms with Crippen molar-refractivity contribution in [1.29, 1.82) is 0 Å². The van der Waals surface area contributed by atoms with Crippen LogP contribution in [0.2, 0.25) is 0 Å². The second kappa shape index (κ2) is 2.44. The molecule has 1 aliphatic rings. The lowest BCUT2D eigenvalue weighted by atomic mass is 10.3. The van der Waals surface area contributed by atoms with E-state index in [-0.39, 0.29) is 5.78 Å². The SMILES string of the molecule is CC(=O)C1[N]C=CC=N1. The van der Waals surface area contributed by atoms with Crippen LogP contribution in [-0.4, -0.2) is 18.2 Å². The van der Waals surface area contributed by atoms with Crippen LogP contribution in [0.15, 0.2) is 17.3 Å². The summed E-state index contributed by atoms with van der Waals surface area (Å²) in [6, 6.07) is 0. The molecular formula is C6H7N2O. The predicted octanol–water partition coefficient (Wildman–Crippen LogP) is 0.104. The number of carbonyl (C=O) groups is 1. The first kappa shape index (κ1) is 6.01. The Morgan fingerprint density at radius 3 is 2.78 bits per heavy atom. The molecule has 0 aliphatic carbocycles. The van der Waals surface area contributed by atoms with Gasteiger partial charge in [0.1, 0.15) is 0 Å². The van der Waals surface area contributed by atoms with Crippen LogP contribution in [-0.2, 0) is 4.79 Å². The van der Waals surface area contributed by atoms with E-state index in [1.807, 2.05) is 0 Å². The van der Waals surface area contributed by atoms with Gasteiger partial charge in [0, 0.05) is 12.4 Å². The maximum atomic E-state index is 10.6. The predicted molar refractivity (Wildman–Crippen MR) is 34.2 cm³/mol. The number of Topliss-reactive ketones (excluding diaryl/α,β-unsaturated/α-hetero) is 1. The zero-order chi connectivity index (χ0) is 6.69. The van der Waals surface area contributed by atoms with Gasteiger partial charge in [0.15, 0.2) is 11.9 Å². The second-order valence-corrected chi connectivity index (χ2v) is 1.77. The average Bonchev–Trinajstić information content (AvgIpc) is 1.90. The largest absolute Gasteiger partial charge is 0.295 e. The number of hydrogen-bond donors (Lipinski definition) is 0. The molecule has 1 atom stereocenters. The van der Waals surface area contributed by atoms with E-state index in [0.717, 1.165) is 0 Å². The van der Waals surface area contributed by atoms with Crippen LogP contribution in [0.3, 0.4) is 0 Å².